The van der Waals surface area contributed by atoms with E-state index in [2.05, 4.69) is 0 Å². The van der Waals surface area contributed by atoms with Gasteiger partial charge in [0.2, 0.25) is 0 Å². The second-order valence-electron chi connectivity index (χ2n) is 6.10. The lowest BCUT2D eigenvalue weighted by Gasteiger charge is -2.33. The van der Waals surface area contributed by atoms with Crippen LogP contribution in [-0.2, 0) is 15.0 Å². The van der Waals surface area contributed by atoms with Crippen molar-refractivity contribution >= 4 is 23.5 Å². The summed E-state index contributed by atoms with van der Waals surface area (Å²) in [5, 5.41) is 19.5. The van der Waals surface area contributed by atoms with Gasteiger partial charge in [-0.05, 0) is 35.6 Å². The van der Waals surface area contributed by atoms with Crippen LogP contribution in [-0.4, -0.2) is 22.2 Å². The fraction of sp³-hybridized carbons (Fsp3) is 0.333. The number of allylic oxidation sites excluding steroid dienone is 2. The van der Waals surface area contributed by atoms with Crippen LogP contribution in [0.5, 0.6) is 0 Å². The Morgan fingerprint density at radius 2 is 1.83 bits per heavy atom. The molecule has 23 heavy (non-hydrogen) atoms. The van der Waals surface area contributed by atoms with Crippen LogP contribution in [0, 0.1) is 0 Å². The number of hydrogen-bond acceptors (Lipinski definition) is 2. The minimum atomic E-state index is -1.47. The summed E-state index contributed by atoms with van der Waals surface area (Å²) in [6.07, 6.45) is 1.35. The highest BCUT2D eigenvalue weighted by atomic mass is 35.5. The molecule has 4 nitrogen and oxygen atoms in total. The lowest BCUT2D eigenvalue weighted by atomic mass is 9.69. The third-order valence-corrected chi connectivity index (χ3v) is 4.74. The number of carboxylic acid groups (broad SMARTS) is 2. The zero-order chi connectivity index (χ0) is 17.4. The lowest BCUT2D eigenvalue weighted by Crippen LogP contribution is -2.38. The molecule has 0 saturated carbocycles. The summed E-state index contributed by atoms with van der Waals surface area (Å²) in [7, 11) is 0. The van der Waals surface area contributed by atoms with Crippen molar-refractivity contribution in [3.63, 3.8) is 0 Å². The van der Waals surface area contributed by atoms with Gasteiger partial charge in [0, 0.05) is 17.0 Å². The van der Waals surface area contributed by atoms with E-state index in [1.807, 2.05) is 26.0 Å². The highest BCUT2D eigenvalue weighted by Gasteiger charge is 2.45. The van der Waals surface area contributed by atoms with E-state index in [0.29, 0.717) is 11.1 Å². The van der Waals surface area contributed by atoms with Crippen molar-refractivity contribution in [3.8, 4) is 0 Å². The molecule has 1 unspecified atom stereocenters. The molecular weight excluding hydrogens is 316 g/mol. The number of carboxylic acids is 2. The molecule has 0 aliphatic heterocycles. The van der Waals surface area contributed by atoms with E-state index in [0.717, 1.165) is 5.56 Å². The Morgan fingerprint density at radius 3 is 2.35 bits per heavy atom. The molecule has 0 spiro atoms. The first-order valence-corrected chi connectivity index (χ1v) is 7.73. The first-order valence-electron chi connectivity index (χ1n) is 7.35. The first-order chi connectivity index (χ1) is 10.7. The minimum absolute atomic E-state index is 0.0402. The Hall–Kier alpha value is -2.07. The standard InChI is InChI=1S/C18H19ClO4/c1-10(2)12-6-4-5-7-14(12)18(17(22)23)8-13(16(20)21)11(3)15(19)9-18/h4-7,9-10H,8H2,1-3H3,(H,20,21)(H,22,23). The van der Waals surface area contributed by atoms with Gasteiger partial charge in [0.25, 0.3) is 0 Å². The second-order valence-corrected chi connectivity index (χ2v) is 6.50. The summed E-state index contributed by atoms with van der Waals surface area (Å²) in [5.74, 6) is -2.13. The zero-order valence-corrected chi connectivity index (χ0v) is 14.0. The first kappa shape index (κ1) is 17.3. The zero-order valence-electron chi connectivity index (χ0n) is 13.3. The highest BCUT2D eigenvalue weighted by Crippen LogP contribution is 2.44. The van der Waals surface area contributed by atoms with E-state index in [9.17, 15) is 19.8 Å². The predicted octanol–water partition coefficient (Wildman–Crippen LogP) is 4.06. The van der Waals surface area contributed by atoms with Crippen molar-refractivity contribution in [1.82, 2.24) is 0 Å². The molecule has 1 aromatic carbocycles. The molecule has 1 aliphatic rings. The molecule has 122 valence electrons. The Bertz CT molecular complexity index is 730. The Kier molecular flexibility index (Phi) is 4.66. The molecule has 2 rings (SSSR count). The maximum atomic E-state index is 12.2. The third-order valence-electron chi connectivity index (χ3n) is 4.34. The molecule has 1 aliphatic carbocycles. The van der Waals surface area contributed by atoms with Gasteiger partial charge in [-0.25, -0.2) is 4.79 Å². The van der Waals surface area contributed by atoms with Crippen LogP contribution in [0.25, 0.3) is 0 Å². The van der Waals surface area contributed by atoms with Crippen LogP contribution in [0.2, 0.25) is 0 Å². The molecule has 0 amide bonds. The molecular formula is C18H19ClO4. The van der Waals surface area contributed by atoms with Crippen molar-refractivity contribution in [2.45, 2.75) is 38.5 Å². The summed E-state index contributed by atoms with van der Waals surface area (Å²) in [6.45, 7) is 5.55. The Labute approximate surface area is 140 Å². The lowest BCUT2D eigenvalue weighted by molar-refractivity contribution is -0.142. The largest absolute Gasteiger partial charge is 0.480 e. The van der Waals surface area contributed by atoms with E-state index in [4.69, 9.17) is 11.6 Å². The highest BCUT2D eigenvalue weighted by molar-refractivity contribution is 6.33. The fourth-order valence-corrected chi connectivity index (χ4v) is 3.30. The van der Waals surface area contributed by atoms with Gasteiger partial charge < -0.3 is 10.2 Å². The SMILES string of the molecule is CC1=C(C(=O)O)CC(C(=O)O)(c2ccccc2C(C)C)C=C1Cl. The van der Waals surface area contributed by atoms with Gasteiger partial charge >= 0.3 is 11.9 Å². The Balaban J connectivity index is 2.75. The van der Waals surface area contributed by atoms with Crippen molar-refractivity contribution < 1.29 is 19.8 Å². The van der Waals surface area contributed by atoms with Gasteiger partial charge in [-0.2, -0.15) is 0 Å². The number of benzene rings is 1. The molecule has 0 aromatic heterocycles. The fourth-order valence-electron chi connectivity index (χ4n) is 3.00. The van der Waals surface area contributed by atoms with Crippen LogP contribution >= 0.6 is 11.6 Å². The van der Waals surface area contributed by atoms with E-state index >= 15 is 0 Å². The van der Waals surface area contributed by atoms with Gasteiger partial charge in [0.1, 0.15) is 5.41 Å². The van der Waals surface area contributed by atoms with Crippen molar-refractivity contribution in [1.29, 1.82) is 0 Å². The van der Waals surface area contributed by atoms with Crippen LogP contribution in [0.15, 0.2) is 46.5 Å². The summed E-state index contributed by atoms with van der Waals surface area (Å²) in [5.41, 5.74) is 0.453. The smallest absolute Gasteiger partial charge is 0.331 e. The van der Waals surface area contributed by atoms with Crippen LogP contribution in [0.1, 0.15) is 44.2 Å². The van der Waals surface area contributed by atoms with E-state index in [1.165, 1.54) is 6.08 Å². The molecule has 0 saturated heterocycles. The maximum absolute atomic E-state index is 12.2. The van der Waals surface area contributed by atoms with E-state index < -0.39 is 17.4 Å². The number of rotatable bonds is 4. The summed E-state index contributed by atoms with van der Waals surface area (Å²) in [4.78, 5) is 23.7. The van der Waals surface area contributed by atoms with Crippen molar-refractivity contribution in [2.24, 2.45) is 0 Å². The molecule has 5 heteroatoms. The van der Waals surface area contributed by atoms with Gasteiger partial charge in [0.15, 0.2) is 0 Å². The molecule has 2 N–H and O–H groups in total. The average Bonchev–Trinajstić information content (AvgIpc) is 2.49. The number of halogens is 1. The Morgan fingerprint density at radius 1 is 1.22 bits per heavy atom. The number of carbonyl (C=O) groups is 2. The predicted molar refractivity (Wildman–Crippen MR) is 88.7 cm³/mol. The van der Waals surface area contributed by atoms with Gasteiger partial charge in [-0.1, -0.05) is 49.7 Å². The summed E-state index contributed by atoms with van der Waals surface area (Å²) in [6, 6.07) is 7.23. The van der Waals surface area contributed by atoms with Gasteiger partial charge in [-0.3, -0.25) is 4.79 Å². The van der Waals surface area contributed by atoms with Gasteiger partial charge in [0.05, 0.1) is 0 Å². The van der Waals surface area contributed by atoms with E-state index in [-0.39, 0.29) is 22.9 Å². The van der Waals surface area contributed by atoms with Crippen LogP contribution in [0.3, 0.4) is 0 Å². The summed E-state index contributed by atoms with van der Waals surface area (Å²) < 4.78 is 0. The molecule has 1 aromatic rings. The summed E-state index contributed by atoms with van der Waals surface area (Å²) >= 11 is 6.19. The number of hydrogen-bond donors (Lipinski definition) is 2. The van der Waals surface area contributed by atoms with Crippen molar-refractivity contribution in [2.75, 3.05) is 0 Å². The third kappa shape index (κ3) is 2.91. The normalized spacial score (nSPS) is 21.3. The quantitative estimate of drug-likeness (QED) is 0.870. The molecule has 1 atom stereocenters. The molecule has 0 radical (unpaired) electrons. The van der Waals surface area contributed by atoms with E-state index in [1.54, 1.807) is 19.1 Å². The maximum Gasteiger partial charge on any atom is 0.331 e. The topological polar surface area (TPSA) is 74.6 Å². The van der Waals surface area contributed by atoms with Crippen molar-refractivity contribution in [3.05, 3.63) is 57.6 Å². The number of aliphatic carboxylic acids is 2. The van der Waals surface area contributed by atoms with Crippen LogP contribution in [0.4, 0.5) is 0 Å². The monoisotopic (exact) mass is 334 g/mol. The molecule has 0 heterocycles. The minimum Gasteiger partial charge on any atom is -0.480 e. The van der Waals surface area contributed by atoms with Crippen LogP contribution < -0.4 is 0 Å². The average molecular weight is 335 g/mol. The second kappa shape index (κ2) is 6.20. The molecule has 0 fully saturated rings. The molecule has 0 bridgehead atoms. The van der Waals surface area contributed by atoms with Gasteiger partial charge in [-0.15, -0.1) is 0 Å².